The molecule has 2 rings (SSSR count). The first-order valence-corrected chi connectivity index (χ1v) is 14.5. The average molecular weight is 435 g/mol. The van der Waals surface area contributed by atoms with Gasteiger partial charge in [-0.1, -0.05) is 36.4 Å². The Morgan fingerprint density at radius 1 is 0.560 bits per heavy atom. The summed E-state index contributed by atoms with van der Waals surface area (Å²) >= 11 is 1.55. The minimum absolute atomic E-state index is 0.314. The largest absolute Gasteiger partial charge is 0.230 e. The third-order valence-corrected chi connectivity index (χ3v) is 11.6. The minimum Gasteiger partial charge on any atom is -0.212 e. The first kappa shape index (κ1) is 20.7. The topological polar surface area (TPSA) is 68.3 Å². The molecule has 0 N–H and O–H groups in total. The first-order valence-electron chi connectivity index (χ1n) is 7.38. The van der Waals surface area contributed by atoms with Gasteiger partial charge in [0.1, 0.15) is 0 Å². The summed E-state index contributed by atoms with van der Waals surface area (Å²) in [4.78, 5) is 0.629. The summed E-state index contributed by atoms with van der Waals surface area (Å²) in [6, 6.07) is 16.7. The van der Waals surface area contributed by atoms with Gasteiger partial charge in [0.15, 0.2) is 0 Å². The molecule has 25 heavy (non-hydrogen) atoms. The fraction of sp³-hybridized carbons (Fsp3) is 0.250. The van der Waals surface area contributed by atoms with Gasteiger partial charge in [-0.05, 0) is 45.9 Å². The van der Waals surface area contributed by atoms with Crippen LogP contribution in [0.1, 0.15) is 0 Å². The molecule has 136 valence electrons. The molecule has 0 saturated heterocycles. The van der Waals surface area contributed by atoms with Crippen molar-refractivity contribution in [2.75, 3.05) is 23.0 Å². The number of hydrogen-bond acceptors (Lipinski definition) is 7. The molecule has 9 heteroatoms. The maximum Gasteiger partial charge on any atom is 0.230 e. The molecule has 0 saturated carbocycles. The predicted octanol–water partition coefficient (Wildman–Crippen LogP) is 3.96. The zero-order chi connectivity index (χ0) is 18.2. The highest BCUT2D eigenvalue weighted by Crippen LogP contribution is 2.25. The van der Waals surface area contributed by atoms with Crippen LogP contribution in [0.4, 0.5) is 0 Å². The first-order chi connectivity index (χ1) is 11.9. The summed E-state index contributed by atoms with van der Waals surface area (Å²) in [5.41, 5.74) is 0. The highest BCUT2D eigenvalue weighted by Gasteiger charge is 2.15. The Balaban J connectivity index is 1.66. The van der Waals surface area contributed by atoms with Crippen molar-refractivity contribution in [1.82, 2.24) is 0 Å². The molecule has 0 aliphatic heterocycles. The van der Waals surface area contributed by atoms with Crippen molar-refractivity contribution in [2.45, 2.75) is 9.79 Å². The Kier molecular flexibility index (Phi) is 8.21. The van der Waals surface area contributed by atoms with E-state index in [4.69, 9.17) is 0 Å². The smallest absolute Gasteiger partial charge is 0.212 e. The van der Waals surface area contributed by atoms with Crippen molar-refractivity contribution >= 4 is 51.1 Å². The van der Waals surface area contributed by atoms with Gasteiger partial charge in [-0.25, -0.2) is 16.8 Å². The van der Waals surface area contributed by atoms with E-state index >= 15 is 0 Å². The molecule has 0 heterocycles. The van der Waals surface area contributed by atoms with E-state index in [1.807, 2.05) is 0 Å². The quantitative estimate of drug-likeness (QED) is 0.414. The van der Waals surface area contributed by atoms with Gasteiger partial charge in [-0.2, -0.15) is 11.8 Å². The van der Waals surface area contributed by atoms with E-state index in [2.05, 4.69) is 0 Å². The highest BCUT2D eigenvalue weighted by atomic mass is 33.1. The number of benzene rings is 2. The lowest BCUT2D eigenvalue weighted by molar-refractivity contribution is 0.609. The van der Waals surface area contributed by atoms with Gasteiger partial charge in [-0.15, -0.1) is 0 Å². The van der Waals surface area contributed by atoms with Gasteiger partial charge >= 0.3 is 0 Å². The highest BCUT2D eigenvalue weighted by molar-refractivity contribution is 8.72. The van der Waals surface area contributed by atoms with Crippen LogP contribution in [0, 0.1) is 0 Å². The lowest BCUT2D eigenvalue weighted by Crippen LogP contribution is -2.00. The fourth-order valence-electron chi connectivity index (χ4n) is 1.82. The number of thioether (sulfide) groups is 1. The maximum absolute atomic E-state index is 12.1. The van der Waals surface area contributed by atoms with Crippen LogP contribution >= 0.6 is 33.3 Å². The Morgan fingerprint density at radius 3 is 1.28 bits per heavy atom. The van der Waals surface area contributed by atoms with Crippen molar-refractivity contribution < 1.29 is 16.8 Å². The van der Waals surface area contributed by atoms with Crippen LogP contribution in [0.15, 0.2) is 70.5 Å². The Morgan fingerprint density at radius 2 is 0.920 bits per heavy atom. The van der Waals surface area contributed by atoms with E-state index in [1.54, 1.807) is 72.4 Å². The molecule has 0 bridgehead atoms. The van der Waals surface area contributed by atoms with Crippen LogP contribution in [0.5, 0.6) is 0 Å². The summed E-state index contributed by atoms with van der Waals surface area (Å²) in [6.45, 7) is 0. The van der Waals surface area contributed by atoms with Crippen molar-refractivity contribution in [2.24, 2.45) is 0 Å². The van der Waals surface area contributed by atoms with E-state index in [0.29, 0.717) is 32.8 Å². The van der Waals surface area contributed by atoms with Crippen molar-refractivity contribution in [3.05, 3.63) is 60.7 Å². The van der Waals surface area contributed by atoms with Gasteiger partial charge < -0.3 is 0 Å². The van der Waals surface area contributed by atoms with Crippen LogP contribution in [-0.2, 0) is 17.7 Å². The summed E-state index contributed by atoms with van der Waals surface area (Å²) in [6.07, 6.45) is 0. The molecular weight excluding hydrogens is 417 g/mol. The monoisotopic (exact) mass is 434 g/mol. The second-order valence-corrected chi connectivity index (χ2v) is 14.1. The molecule has 0 amide bonds. The van der Waals surface area contributed by atoms with E-state index in [-0.39, 0.29) is 0 Å². The van der Waals surface area contributed by atoms with Crippen molar-refractivity contribution in [3.63, 3.8) is 0 Å². The van der Waals surface area contributed by atoms with Crippen LogP contribution in [-0.4, -0.2) is 39.8 Å². The predicted molar refractivity (Wildman–Crippen MR) is 109 cm³/mol. The van der Waals surface area contributed by atoms with E-state index in [1.165, 1.54) is 0 Å². The van der Waals surface area contributed by atoms with Crippen LogP contribution in [0.2, 0.25) is 0 Å². The summed E-state index contributed by atoms with van der Waals surface area (Å²) in [5, 5.41) is 0. The maximum atomic E-state index is 12.1. The van der Waals surface area contributed by atoms with Gasteiger partial charge in [0, 0.05) is 23.0 Å². The van der Waals surface area contributed by atoms with Gasteiger partial charge in [0.25, 0.3) is 0 Å². The van der Waals surface area contributed by atoms with Crippen molar-refractivity contribution in [3.8, 4) is 0 Å². The van der Waals surface area contributed by atoms with Gasteiger partial charge in [-0.3, -0.25) is 0 Å². The van der Waals surface area contributed by atoms with Gasteiger partial charge in [0.2, 0.25) is 17.7 Å². The minimum atomic E-state index is -3.31. The normalized spacial score (nSPS) is 12.2. The lowest BCUT2D eigenvalue weighted by Gasteiger charge is -2.05. The Bertz CT molecular complexity index is 776. The van der Waals surface area contributed by atoms with E-state index in [9.17, 15) is 16.8 Å². The zero-order valence-corrected chi connectivity index (χ0v) is 17.4. The molecule has 4 nitrogen and oxygen atoms in total. The number of rotatable bonds is 10. The van der Waals surface area contributed by atoms with Crippen LogP contribution in [0.25, 0.3) is 0 Å². The third-order valence-electron chi connectivity index (χ3n) is 3.00. The fourth-order valence-corrected chi connectivity index (χ4v) is 9.23. The Labute approximate surface area is 160 Å². The second kappa shape index (κ2) is 9.91. The average Bonchev–Trinajstić information content (AvgIpc) is 2.62. The molecular formula is C16H18O4S5. The molecule has 0 fully saturated rings. The molecule has 0 aromatic heterocycles. The zero-order valence-electron chi connectivity index (χ0n) is 13.3. The number of hydrogen-bond donors (Lipinski definition) is 0. The third kappa shape index (κ3) is 6.90. The van der Waals surface area contributed by atoms with E-state index < -0.39 is 17.7 Å². The second-order valence-electron chi connectivity index (χ2n) is 4.79. The molecule has 0 unspecified atom stereocenters. The van der Waals surface area contributed by atoms with Crippen LogP contribution < -0.4 is 0 Å². The molecule has 0 spiro atoms. The Hall–Kier alpha value is -0.610. The molecule has 0 atom stereocenters. The van der Waals surface area contributed by atoms with Gasteiger partial charge in [0.05, 0.1) is 9.79 Å². The molecule has 0 radical (unpaired) electrons. The summed E-state index contributed by atoms with van der Waals surface area (Å²) < 4.78 is 48.3. The van der Waals surface area contributed by atoms with E-state index in [0.717, 1.165) is 21.6 Å². The lowest BCUT2D eigenvalue weighted by atomic mass is 10.4. The SMILES string of the molecule is O=S(=O)(SCCSCCSS(=O)(=O)c1ccccc1)c1ccccc1. The van der Waals surface area contributed by atoms with Crippen LogP contribution in [0.3, 0.4) is 0 Å². The molecule has 0 aliphatic carbocycles. The molecule has 2 aromatic rings. The van der Waals surface area contributed by atoms with Crippen molar-refractivity contribution in [1.29, 1.82) is 0 Å². The summed E-state index contributed by atoms with van der Waals surface area (Å²) in [5.74, 6) is 2.25. The summed E-state index contributed by atoms with van der Waals surface area (Å²) in [7, 11) is -4.78. The molecule has 2 aromatic carbocycles. The standard InChI is InChI=1S/C16H18O4S5/c17-24(18,15-7-3-1-4-8-15)22-13-11-21-12-14-23-25(19,20)16-9-5-2-6-10-16/h1-10H,11-14H2. The molecule has 0 aliphatic rings.